The highest BCUT2D eigenvalue weighted by atomic mass is 16.3. The molecule has 2 fully saturated rings. The molecule has 1 saturated carbocycles. The minimum atomic E-state index is -0.250. The van der Waals surface area contributed by atoms with Crippen LogP contribution in [-0.4, -0.2) is 53.1 Å². The van der Waals surface area contributed by atoms with E-state index in [1.807, 2.05) is 12.1 Å². The van der Waals surface area contributed by atoms with Crippen LogP contribution in [0.1, 0.15) is 81.6 Å². The molecule has 5 nitrogen and oxygen atoms in total. The second kappa shape index (κ2) is 10.4. The fraction of sp³-hybridized carbons (Fsp3) is 0.667. The number of hydrogen-bond donors (Lipinski definition) is 2. The van der Waals surface area contributed by atoms with Crippen LogP contribution in [0.15, 0.2) is 24.3 Å². The minimum Gasteiger partial charge on any atom is -0.483 e. The molecular weight excluding hydrogens is 366 g/mol. The minimum absolute atomic E-state index is 0.117. The lowest BCUT2D eigenvalue weighted by Crippen LogP contribution is -2.47. The molecule has 0 aromatic heterocycles. The molecule has 162 valence electrons. The highest BCUT2D eigenvalue weighted by molar-refractivity contribution is 5.96. The number of aliphatic hydroxyl groups is 1. The summed E-state index contributed by atoms with van der Waals surface area (Å²) < 4.78 is 0. The number of rotatable bonds is 5. The summed E-state index contributed by atoms with van der Waals surface area (Å²) in [5.74, 6) is 0.248. The average molecular weight is 404 g/mol. The van der Waals surface area contributed by atoms with Gasteiger partial charge < -0.3 is 15.1 Å². The third-order valence-electron chi connectivity index (χ3n) is 6.50. The summed E-state index contributed by atoms with van der Waals surface area (Å²) in [5.41, 5.74) is 2.36. The average Bonchev–Trinajstić information content (AvgIpc) is 3.01. The summed E-state index contributed by atoms with van der Waals surface area (Å²) in [7, 11) is 0. The number of nitrogens with zero attached hydrogens (tertiary/aromatic N) is 1. The van der Waals surface area contributed by atoms with Gasteiger partial charge in [0.1, 0.15) is 0 Å². The van der Waals surface area contributed by atoms with Gasteiger partial charge in [0.2, 0.25) is 0 Å². The van der Waals surface area contributed by atoms with Crippen LogP contribution in [0.25, 0.3) is 0 Å². The molecule has 1 spiro atoms. The monoisotopic (exact) mass is 403 g/mol. The Morgan fingerprint density at radius 2 is 1.83 bits per heavy atom. The van der Waals surface area contributed by atoms with E-state index in [1.165, 1.54) is 24.8 Å². The zero-order chi connectivity index (χ0) is 21.5. The van der Waals surface area contributed by atoms with Gasteiger partial charge in [-0.25, -0.2) is 0 Å². The number of carboxylic acid groups (broad SMARTS) is 1. The van der Waals surface area contributed by atoms with Crippen LogP contribution in [0.3, 0.4) is 0 Å². The van der Waals surface area contributed by atoms with Crippen molar-refractivity contribution in [2.75, 3.05) is 19.6 Å². The van der Waals surface area contributed by atoms with E-state index in [2.05, 4.69) is 37.8 Å². The van der Waals surface area contributed by atoms with E-state index in [0.717, 1.165) is 44.5 Å². The predicted molar refractivity (Wildman–Crippen MR) is 115 cm³/mol. The van der Waals surface area contributed by atoms with Crippen molar-refractivity contribution >= 4 is 12.3 Å². The number of carbonyl (C=O) groups excluding carboxylic acids is 1. The zero-order valence-electron chi connectivity index (χ0n) is 18.2. The van der Waals surface area contributed by atoms with E-state index in [1.54, 1.807) is 0 Å². The Morgan fingerprint density at radius 3 is 2.38 bits per heavy atom. The smallest absolute Gasteiger partial charge is 0.290 e. The molecule has 1 heterocycles. The van der Waals surface area contributed by atoms with Crippen molar-refractivity contribution < 1.29 is 19.8 Å². The predicted octanol–water partition coefficient (Wildman–Crippen LogP) is 4.27. The maximum Gasteiger partial charge on any atom is 0.290 e. The van der Waals surface area contributed by atoms with Crippen LogP contribution in [0.4, 0.5) is 0 Å². The number of Topliss-reactive ketones (excluding diaryl/α,β-unsaturated/α-hetero) is 1. The largest absolute Gasteiger partial charge is 0.483 e. The van der Waals surface area contributed by atoms with Crippen molar-refractivity contribution in [3.8, 4) is 0 Å². The second-order valence-electron chi connectivity index (χ2n) is 9.61. The van der Waals surface area contributed by atoms with Gasteiger partial charge in [0.15, 0.2) is 5.78 Å². The van der Waals surface area contributed by atoms with Crippen molar-refractivity contribution in [2.45, 2.75) is 77.2 Å². The van der Waals surface area contributed by atoms with E-state index in [0.29, 0.717) is 6.42 Å². The molecule has 1 saturated heterocycles. The summed E-state index contributed by atoms with van der Waals surface area (Å²) >= 11 is 0. The molecule has 0 bridgehead atoms. The number of benzene rings is 1. The Balaban J connectivity index is 0.000000941. The van der Waals surface area contributed by atoms with Crippen molar-refractivity contribution in [3.63, 3.8) is 0 Å². The molecule has 5 heteroatoms. The molecule has 0 radical (unpaired) electrons. The van der Waals surface area contributed by atoms with Crippen LogP contribution in [0.5, 0.6) is 0 Å². The van der Waals surface area contributed by atoms with Gasteiger partial charge in [-0.3, -0.25) is 9.59 Å². The van der Waals surface area contributed by atoms with E-state index in [4.69, 9.17) is 9.90 Å². The van der Waals surface area contributed by atoms with Gasteiger partial charge >= 0.3 is 0 Å². The third-order valence-corrected chi connectivity index (χ3v) is 6.50. The van der Waals surface area contributed by atoms with Gasteiger partial charge in [-0.05, 0) is 56.2 Å². The maximum atomic E-state index is 12.5. The van der Waals surface area contributed by atoms with Crippen LogP contribution >= 0.6 is 0 Å². The zero-order valence-corrected chi connectivity index (χ0v) is 18.2. The van der Waals surface area contributed by atoms with Crippen LogP contribution in [-0.2, 0) is 10.2 Å². The molecule has 2 N–H and O–H groups in total. The molecule has 29 heavy (non-hydrogen) atoms. The van der Waals surface area contributed by atoms with Crippen LogP contribution < -0.4 is 0 Å². The third kappa shape index (κ3) is 6.38. The number of piperidine rings is 1. The number of ketones is 1. The number of likely N-dealkylation sites (tertiary alicyclic amines) is 1. The lowest BCUT2D eigenvalue weighted by molar-refractivity contribution is -0.122. The van der Waals surface area contributed by atoms with Crippen molar-refractivity contribution in [3.05, 3.63) is 35.4 Å². The first-order valence-electron chi connectivity index (χ1n) is 10.8. The first-order valence-corrected chi connectivity index (χ1v) is 10.8. The standard InChI is InChI=1S/C23H35NO2.CH2O2/c1-22(2,3)19-11-9-18(10-12-19)20(25)7-5-15-24-16-6-14-23(17-24)13-4-8-21(23)26;2-1-3/h9-12,21,26H,4-8,13-17H2,1-3H3;1H,(H,2,3)/t21-,23+;/m1./s1. The maximum absolute atomic E-state index is 12.5. The fourth-order valence-corrected chi connectivity index (χ4v) is 4.81. The van der Waals surface area contributed by atoms with Gasteiger partial charge in [-0.1, -0.05) is 51.5 Å². The molecule has 1 aliphatic carbocycles. The summed E-state index contributed by atoms with van der Waals surface area (Å²) in [6.45, 7) is 9.43. The van der Waals surface area contributed by atoms with E-state index in [-0.39, 0.29) is 29.2 Å². The van der Waals surface area contributed by atoms with E-state index >= 15 is 0 Å². The quantitative estimate of drug-likeness (QED) is 0.567. The Hall–Kier alpha value is -1.72. The molecule has 2 atom stereocenters. The van der Waals surface area contributed by atoms with Gasteiger partial charge in [-0.15, -0.1) is 0 Å². The Bertz CT molecular complexity index is 664. The lowest BCUT2D eigenvalue weighted by Gasteiger charge is -2.42. The summed E-state index contributed by atoms with van der Waals surface area (Å²) in [6, 6.07) is 8.13. The molecular formula is C24H37NO4. The summed E-state index contributed by atoms with van der Waals surface area (Å²) in [6.07, 6.45) is 7.06. The molecule has 3 rings (SSSR count). The SMILES string of the molecule is CC(C)(C)c1ccc(C(=O)CCCN2CCC[C@@]3(CCC[C@H]3O)C2)cc1.O=CO. The van der Waals surface area contributed by atoms with E-state index < -0.39 is 0 Å². The Labute approximate surface area is 175 Å². The topological polar surface area (TPSA) is 77.8 Å². The first kappa shape index (κ1) is 23.6. The van der Waals surface area contributed by atoms with Crippen LogP contribution in [0.2, 0.25) is 0 Å². The molecule has 2 aliphatic rings. The highest BCUT2D eigenvalue weighted by Crippen LogP contribution is 2.45. The number of carbonyl (C=O) groups is 2. The first-order chi connectivity index (χ1) is 13.7. The van der Waals surface area contributed by atoms with Crippen molar-refractivity contribution in [1.82, 2.24) is 4.90 Å². The Morgan fingerprint density at radius 1 is 1.21 bits per heavy atom. The highest BCUT2D eigenvalue weighted by Gasteiger charge is 2.44. The number of aliphatic hydroxyl groups excluding tert-OH is 1. The van der Waals surface area contributed by atoms with Gasteiger partial charge in [0, 0.05) is 23.9 Å². The number of hydrogen-bond acceptors (Lipinski definition) is 4. The van der Waals surface area contributed by atoms with Crippen molar-refractivity contribution in [2.24, 2.45) is 5.41 Å². The van der Waals surface area contributed by atoms with Crippen molar-refractivity contribution in [1.29, 1.82) is 0 Å². The molecule has 0 amide bonds. The second-order valence-corrected chi connectivity index (χ2v) is 9.61. The summed E-state index contributed by atoms with van der Waals surface area (Å²) in [5, 5.41) is 17.3. The summed E-state index contributed by atoms with van der Waals surface area (Å²) in [4.78, 5) is 23.3. The normalized spacial score (nSPS) is 24.8. The van der Waals surface area contributed by atoms with Crippen LogP contribution in [0, 0.1) is 5.41 Å². The van der Waals surface area contributed by atoms with Gasteiger partial charge in [0.25, 0.3) is 6.47 Å². The lowest BCUT2D eigenvalue weighted by atomic mass is 9.76. The molecule has 1 aromatic rings. The van der Waals surface area contributed by atoms with E-state index in [9.17, 15) is 9.90 Å². The van der Waals surface area contributed by atoms with Gasteiger partial charge in [-0.2, -0.15) is 0 Å². The molecule has 1 aromatic carbocycles. The van der Waals surface area contributed by atoms with Gasteiger partial charge in [0.05, 0.1) is 6.10 Å². The fourth-order valence-electron chi connectivity index (χ4n) is 4.81. The Kier molecular flexibility index (Phi) is 8.41. The molecule has 1 aliphatic heterocycles. The molecule has 0 unspecified atom stereocenters.